The Morgan fingerprint density at radius 2 is 2.04 bits per heavy atom. The molecule has 5 nitrogen and oxygen atoms in total. The van der Waals surface area contributed by atoms with Crippen molar-refractivity contribution in [3.8, 4) is 17.8 Å². The number of fused-ring (bicyclic) bond motifs is 1. The maximum absolute atomic E-state index is 13.2. The van der Waals surface area contributed by atoms with Crippen LogP contribution >= 0.6 is 0 Å². The molecule has 0 amide bonds. The molecule has 2 aliphatic rings. The lowest BCUT2D eigenvalue weighted by molar-refractivity contribution is -0.120. The lowest BCUT2D eigenvalue weighted by atomic mass is 9.63. The fourth-order valence-electron chi connectivity index (χ4n) is 3.83. The Hall–Kier alpha value is -2.62. The van der Waals surface area contributed by atoms with Crippen molar-refractivity contribution in [3.63, 3.8) is 0 Å². The first-order chi connectivity index (χ1) is 12.3. The number of ether oxygens (including phenoxy) is 2. The molecule has 26 heavy (non-hydrogen) atoms. The molecule has 2 aromatic rings. The summed E-state index contributed by atoms with van der Waals surface area (Å²) in [6.07, 6.45) is -0.386. The van der Waals surface area contributed by atoms with Gasteiger partial charge in [-0.05, 0) is 24.6 Å². The lowest BCUT2D eigenvalue weighted by Gasteiger charge is -2.45. The molecule has 136 valence electrons. The number of halogens is 2. The van der Waals surface area contributed by atoms with Gasteiger partial charge in [-0.15, -0.1) is 0 Å². The predicted octanol–water partition coefficient (Wildman–Crippen LogP) is 3.59. The van der Waals surface area contributed by atoms with Crippen molar-refractivity contribution in [1.29, 1.82) is 5.26 Å². The molecule has 7 heteroatoms. The van der Waals surface area contributed by atoms with Crippen molar-refractivity contribution >= 4 is 0 Å². The second-order valence-corrected chi connectivity index (χ2v) is 7.40. The molecular formula is C19H19F2N3O2. The number of benzene rings is 1. The van der Waals surface area contributed by atoms with Crippen LogP contribution in [0.1, 0.15) is 36.7 Å². The number of alkyl halides is 2. The average molecular weight is 359 g/mol. The van der Waals surface area contributed by atoms with Gasteiger partial charge in [0.15, 0.2) is 11.8 Å². The highest BCUT2D eigenvalue weighted by Crippen LogP contribution is 2.53. The largest absolute Gasteiger partial charge is 0.490 e. The molecule has 0 N–H and O–H groups in total. The van der Waals surface area contributed by atoms with E-state index in [9.17, 15) is 8.78 Å². The van der Waals surface area contributed by atoms with Crippen LogP contribution < -0.4 is 9.47 Å². The summed E-state index contributed by atoms with van der Waals surface area (Å²) in [5.74, 6) is -1.87. The standard InChI is InChI=1S/C19H19F2N3O2/c1-12-16(7-22)23-17-24(12)8-15(26-17)9-25-14-5-3-13(4-6-14)18(2)10-19(20,21)11-18/h3-6,15H,8-11H2,1-2H3/t15-/m0/s1. The third-order valence-electron chi connectivity index (χ3n) is 5.23. The summed E-state index contributed by atoms with van der Waals surface area (Å²) in [7, 11) is 0. The van der Waals surface area contributed by atoms with Gasteiger partial charge in [0.1, 0.15) is 18.4 Å². The lowest BCUT2D eigenvalue weighted by Crippen LogP contribution is -2.47. The summed E-state index contributed by atoms with van der Waals surface area (Å²) in [4.78, 5) is 4.14. The minimum Gasteiger partial charge on any atom is -0.490 e. The van der Waals surface area contributed by atoms with Gasteiger partial charge in [-0.3, -0.25) is 4.57 Å². The summed E-state index contributed by atoms with van der Waals surface area (Å²) in [5.41, 5.74) is 1.62. The molecule has 1 aromatic carbocycles. The van der Waals surface area contributed by atoms with Gasteiger partial charge in [0, 0.05) is 18.3 Å². The Kier molecular flexibility index (Phi) is 3.69. The first kappa shape index (κ1) is 16.8. The monoisotopic (exact) mass is 359 g/mol. The minimum absolute atomic E-state index is 0.106. The van der Waals surface area contributed by atoms with Crippen molar-refractivity contribution in [2.45, 2.75) is 50.7 Å². The van der Waals surface area contributed by atoms with Crippen LogP contribution in [-0.2, 0) is 12.0 Å². The van der Waals surface area contributed by atoms with E-state index in [2.05, 4.69) is 4.98 Å². The molecule has 1 fully saturated rings. The van der Waals surface area contributed by atoms with Gasteiger partial charge in [-0.25, -0.2) is 8.78 Å². The zero-order chi connectivity index (χ0) is 18.5. The highest BCUT2D eigenvalue weighted by molar-refractivity contribution is 5.35. The molecule has 1 aromatic heterocycles. The van der Waals surface area contributed by atoms with Crippen molar-refractivity contribution in [3.05, 3.63) is 41.2 Å². The maximum atomic E-state index is 13.2. The molecule has 2 heterocycles. The van der Waals surface area contributed by atoms with Crippen LogP contribution in [0, 0.1) is 18.3 Å². The van der Waals surface area contributed by atoms with Gasteiger partial charge in [-0.1, -0.05) is 19.1 Å². The summed E-state index contributed by atoms with van der Waals surface area (Å²) in [5, 5.41) is 8.98. The molecule has 1 aliphatic carbocycles. The highest BCUT2D eigenvalue weighted by atomic mass is 19.3. The van der Waals surface area contributed by atoms with Crippen LogP contribution in [0.5, 0.6) is 11.8 Å². The molecule has 0 bridgehead atoms. The fourth-order valence-corrected chi connectivity index (χ4v) is 3.83. The van der Waals surface area contributed by atoms with Crippen LogP contribution in [-0.4, -0.2) is 28.2 Å². The summed E-state index contributed by atoms with van der Waals surface area (Å²) >= 11 is 0. The Morgan fingerprint density at radius 3 is 2.62 bits per heavy atom. The van der Waals surface area contributed by atoms with E-state index < -0.39 is 11.3 Å². The van der Waals surface area contributed by atoms with E-state index in [0.29, 0.717) is 30.6 Å². The summed E-state index contributed by atoms with van der Waals surface area (Å²) < 4.78 is 39.7. The molecule has 1 atom stereocenters. The summed E-state index contributed by atoms with van der Waals surface area (Å²) in [6, 6.07) is 9.81. The van der Waals surface area contributed by atoms with Crippen LogP contribution in [0.4, 0.5) is 8.78 Å². The first-order valence-electron chi connectivity index (χ1n) is 8.55. The number of hydrogen-bond donors (Lipinski definition) is 0. The van der Waals surface area contributed by atoms with Crippen LogP contribution in [0.15, 0.2) is 24.3 Å². The van der Waals surface area contributed by atoms with E-state index in [4.69, 9.17) is 14.7 Å². The maximum Gasteiger partial charge on any atom is 0.298 e. The van der Waals surface area contributed by atoms with E-state index in [-0.39, 0.29) is 18.9 Å². The van der Waals surface area contributed by atoms with E-state index in [1.807, 2.05) is 48.7 Å². The van der Waals surface area contributed by atoms with Gasteiger partial charge < -0.3 is 9.47 Å². The molecule has 1 saturated carbocycles. The number of nitrogens with zero attached hydrogens (tertiary/aromatic N) is 3. The molecule has 0 unspecified atom stereocenters. The fraction of sp³-hybridized carbons (Fsp3) is 0.474. The highest BCUT2D eigenvalue weighted by Gasteiger charge is 2.54. The second-order valence-electron chi connectivity index (χ2n) is 7.40. The molecule has 4 rings (SSSR count). The summed E-state index contributed by atoms with van der Waals surface area (Å²) in [6.45, 7) is 4.64. The normalized spacial score (nSPS) is 22.0. The smallest absolute Gasteiger partial charge is 0.298 e. The van der Waals surface area contributed by atoms with Gasteiger partial charge >= 0.3 is 0 Å². The number of imidazole rings is 1. The zero-order valence-electron chi connectivity index (χ0n) is 14.6. The Bertz CT molecular complexity index is 875. The molecular weight excluding hydrogens is 340 g/mol. The number of aromatic nitrogens is 2. The Labute approximate surface area is 150 Å². The topological polar surface area (TPSA) is 60.1 Å². The predicted molar refractivity (Wildman–Crippen MR) is 89.6 cm³/mol. The van der Waals surface area contributed by atoms with E-state index in [1.165, 1.54) is 0 Å². The van der Waals surface area contributed by atoms with Gasteiger partial charge in [0.05, 0.1) is 12.2 Å². The quantitative estimate of drug-likeness (QED) is 0.837. The van der Waals surface area contributed by atoms with E-state index >= 15 is 0 Å². The molecule has 0 radical (unpaired) electrons. The SMILES string of the molecule is Cc1c(C#N)nc2n1C[C@@H](COc1ccc(C3(C)CC(F)(F)C3)cc1)O2. The Balaban J connectivity index is 1.34. The van der Waals surface area contributed by atoms with Crippen LogP contribution in [0.25, 0.3) is 0 Å². The average Bonchev–Trinajstić information content (AvgIpc) is 3.10. The Morgan fingerprint density at radius 1 is 1.35 bits per heavy atom. The zero-order valence-corrected chi connectivity index (χ0v) is 14.6. The third-order valence-corrected chi connectivity index (χ3v) is 5.23. The van der Waals surface area contributed by atoms with Crippen molar-refractivity contribution in [2.75, 3.05) is 6.61 Å². The van der Waals surface area contributed by atoms with Gasteiger partial charge in [0.25, 0.3) is 6.01 Å². The molecule has 0 spiro atoms. The molecule has 0 saturated heterocycles. The van der Waals surface area contributed by atoms with Crippen LogP contribution in [0.3, 0.4) is 0 Å². The number of nitriles is 1. The first-order valence-corrected chi connectivity index (χ1v) is 8.55. The van der Waals surface area contributed by atoms with Gasteiger partial charge in [-0.2, -0.15) is 10.2 Å². The van der Waals surface area contributed by atoms with Crippen molar-refractivity contribution in [2.24, 2.45) is 0 Å². The minimum atomic E-state index is -2.54. The third kappa shape index (κ3) is 2.79. The number of hydrogen-bond acceptors (Lipinski definition) is 4. The second kappa shape index (κ2) is 5.70. The van der Waals surface area contributed by atoms with E-state index in [0.717, 1.165) is 11.3 Å². The van der Waals surface area contributed by atoms with Crippen molar-refractivity contribution in [1.82, 2.24) is 9.55 Å². The van der Waals surface area contributed by atoms with Gasteiger partial charge in [0.2, 0.25) is 5.92 Å². The van der Waals surface area contributed by atoms with E-state index in [1.54, 1.807) is 0 Å². The number of rotatable bonds is 4. The van der Waals surface area contributed by atoms with Crippen LogP contribution in [0.2, 0.25) is 0 Å². The molecule has 1 aliphatic heterocycles. The van der Waals surface area contributed by atoms with Crippen molar-refractivity contribution < 1.29 is 18.3 Å².